The molecule has 0 fully saturated rings. The first-order valence-electron chi connectivity index (χ1n) is 10.6. The third-order valence-corrected chi connectivity index (χ3v) is 5.84. The topological polar surface area (TPSA) is 97.2 Å². The molecule has 0 aliphatic heterocycles. The number of ether oxygens (including phenoxy) is 2. The Bertz CT molecular complexity index is 1430. The molecule has 4 rings (SSSR count). The van der Waals surface area contributed by atoms with Gasteiger partial charge in [-0.3, -0.25) is 4.79 Å². The standard InChI is InChI=1S/C27H21BrN2O5/c1-34-25-14-20-7-3-2-6-19(20)13-22(25)26(31)30-29-15-17-9-10-24(23(28)12-17)35-16-18-5-4-8-21(11-18)27(32)33/h2-15H,16H2,1H3,(H,30,31)(H,32,33)/b29-15-. The smallest absolute Gasteiger partial charge is 0.335 e. The van der Waals surface area contributed by atoms with E-state index >= 15 is 0 Å². The quantitative estimate of drug-likeness (QED) is 0.225. The van der Waals surface area contributed by atoms with E-state index in [4.69, 9.17) is 14.6 Å². The Morgan fingerprint density at radius 1 is 0.971 bits per heavy atom. The highest BCUT2D eigenvalue weighted by molar-refractivity contribution is 9.10. The molecule has 0 aliphatic carbocycles. The minimum atomic E-state index is -0.983. The Labute approximate surface area is 210 Å². The number of methoxy groups -OCH3 is 1. The van der Waals surface area contributed by atoms with Crippen molar-refractivity contribution in [1.29, 1.82) is 0 Å². The van der Waals surface area contributed by atoms with E-state index in [2.05, 4.69) is 26.5 Å². The number of benzene rings is 4. The van der Waals surface area contributed by atoms with Crippen molar-refractivity contribution in [2.24, 2.45) is 5.10 Å². The number of fused-ring (bicyclic) bond motifs is 1. The molecule has 1 amide bonds. The second-order valence-corrected chi connectivity index (χ2v) is 8.44. The Morgan fingerprint density at radius 2 is 1.74 bits per heavy atom. The molecule has 0 heterocycles. The molecule has 35 heavy (non-hydrogen) atoms. The lowest BCUT2D eigenvalue weighted by Crippen LogP contribution is -2.18. The molecule has 176 valence electrons. The molecule has 0 bridgehead atoms. The summed E-state index contributed by atoms with van der Waals surface area (Å²) in [5.41, 5.74) is 4.62. The van der Waals surface area contributed by atoms with Crippen molar-refractivity contribution in [3.05, 3.63) is 106 Å². The number of hydrogen-bond acceptors (Lipinski definition) is 5. The number of hydrazone groups is 1. The average molecular weight is 533 g/mol. The maximum Gasteiger partial charge on any atom is 0.335 e. The zero-order valence-electron chi connectivity index (χ0n) is 18.7. The molecular weight excluding hydrogens is 512 g/mol. The Hall–Kier alpha value is -4.17. The van der Waals surface area contributed by atoms with Crippen LogP contribution in [0, 0.1) is 0 Å². The summed E-state index contributed by atoms with van der Waals surface area (Å²) in [5.74, 6) is -0.309. The van der Waals surface area contributed by atoms with Crippen molar-refractivity contribution in [1.82, 2.24) is 5.43 Å². The minimum absolute atomic E-state index is 0.208. The van der Waals surface area contributed by atoms with E-state index in [9.17, 15) is 9.59 Å². The summed E-state index contributed by atoms with van der Waals surface area (Å²) in [6, 6.07) is 23.3. The number of nitrogens with one attached hydrogen (secondary N) is 1. The Kier molecular flexibility index (Phi) is 7.42. The molecule has 0 saturated carbocycles. The van der Waals surface area contributed by atoms with E-state index in [0.717, 1.165) is 21.9 Å². The van der Waals surface area contributed by atoms with Gasteiger partial charge in [-0.05, 0) is 80.3 Å². The van der Waals surface area contributed by atoms with Crippen LogP contribution in [-0.2, 0) is 6.61 Å². The van der Waals surface area contributed by atoms with E-state index in [-0.39, 0.29) is 18.1 Å². The molecule has 0 radical (unpaired) electrons. The fourth-order valence-corrected chi connectivity index (χ4v) is 3.97. The first-order valence-corrected chi connectivity index (χ1v) is 11.4. The van der Waals surface area contributed by atoms with Gasteiger partial charge >= 0.3 is 5.97 Å². The van der Waals surface area contributed by atoms with E-state index in [1.54, 1.807) is 42.5 Å². The van der Waals surface area contributed by atoms with Crippen molar-refractivity contribution in [2.45, 2.75) is 6.61 Å². The van der Waals surface area contributed by atoms with Crippen LogP contribution in [0.4, 0.5) is 0 Å². The van der Waals surface area contributed by atoms with E-state index in [1.165, 1.54) is 19.4 Å². The van der Waals surface area contributed by atoms with Crippen molar-refractivity contribution in [3.8, 4) is 11.5 Å². The molecule has 0 saturated heterocycles. The molecule has 0 atom stereocenters. The van der Waals surface area contributed by atoms with Gasteiger partial charge in [-0.2, -0.15) is 5.10 Å². The van der Waals surface area contributed by atoms with E-state index < -0.39 is 5.97 Å². The van der Waals surface area contributed by atoms with Crippen LogP contribution >= 0.6 is 15.9 Å². The molecular formula is C27H21BrN2O5. The van der Waals surface area contributed by atoms with Crippen molar-refractivity contribution in [3.63, 3.8) is 0 Å². The highest BCUT2D eigenvalue weighted by Crippen LogP contribution is 2.27. The van der Waals surface area contributed by atoms with Gasteiger partial charge in [-0.15, -0.1) is 0 Å². The molecule has 0 aromatic heterocycles. The second kappa shape index (κ2) is 10.8. The lowest BCUT2D eigenvalue weighted by Gasteiger charge is -2.10. The van der Waals surface area contributed by atoms with Gasteiger partial charge in [0.05, 0.1) is 28.9 Å². The normalized spacial score (nSPS) is 10.9. The summed E-state index contributed by atoms with van der Waals surface area (Å²) in [4.78, 5) is 23.8. The molecule has 0 spiro atoms. The number of rotatable bonds is 8. The van der Waals surface area contributed by atoms with Gasteiger partial charge in [0, 0.05) is 0 Å². The molecule has 7 nitrogen and oxygen atoms in total. The van der Waals surface area contributed by atoms with Crippen LogP contribution in [0.2, 0.25) is 0 Å². The summed E-state index contributed by atoms with van der Waals surface area (Å²) < 4.78 is 11.9. The number of carbonyl (C=O) groups is 2. The predicted octanol–water partition coefficient (Wildman–Crippen LogP) is 5.65. The maximum absolute atomic E-state index is 12.7. The number of amides is 1. The first-order chi connectivity index (χ1) is 16.9. The number of aromatic carboxylic acids is 1. The van der Waals surface area contributed by atoms with Crippen LogP contribution in [0.25, 0.3) is 10.8 Å². The van der Waals surface area contributed by atoms with Crippen LogP contribution in [0.3, 0.4) is 0 Å². The molecule has 8 heteroatoms. The summed E-state index contributed by atoms with van der Waals surface area (Å²) in [6.07, 6.45) is 1.52. The summed E-state index contributed by atoms with van der Waals surface area (Å²) in [6.45, 7) is 0.219. The van der Waals surface area contributed by atoms with Gasteiger partial charge in [-0.1, -0.05) is 36.4 Å². The molecule has 4 aromatic carbocycles. The molecule has 0 unspecified atom stereocenters. The number of carbonyl (C=O) groups excluding carboxylic acids is 1. The molecule has 4 aromatic rings. The summed E-state index contributed by atoms with van der Waals surface area (Å²) in [5, 5.41) is 15.1. The summed E-state index contributed by atoms with van der Waals surface area (Å²) in [7, 11) is 1.52. The zero-order chi connectivity index (χ0) is 24.8. The number of carboxylic acids is 1. The van der Waals surface area contributed by atoms with Crippen LogP contribution in [0.15, 0.2) is 88.4 Å². The van der Waals surface area contributed by atoms with Crippen LogP contribution in [-0.4, -0.2) is 30.3 Å². The largest absolute Gasteiger partial charge is 0.496 e. The predicted molar refractivity (Wildman–Crippen MR) is 137 cm³/mol. The van der Waals surface area contributed by atoms with Crippen LogP contribution in [0.1, 0.15) is 31.8 Å². The lowest BCUT2D eigenvalue weighted by atomic mass is 10.1. The number of halogens is 1. The van der Waals surface area contributed by atoms with Gasteiger partial charge in [0.2, 0.25) is 0 Å². The van der Waals surface area contributed by atoms with Gasteiger partial charge in [0.1, 0.15) is 18.1 Å². The SMILES string of the molecule is COc1cc2ccccc2cc1C(=O)N/N=C\c1ccc(OCc2cccc(C(=O)O)c2)c(Br)c1. The van der Waals surface area contributed by atoms with Crippen LogP contribution < -0.4 is 14.9 Å². The third-order valence-electron chi connectivity index (χ3n) is 5.22. The number of nitrogens with zero attached hydrogens (tertiary/aromatic N) is 1. The summed E-state index contributed by atoms with van der Waals surface area (Å²) >= 11 is 3.47. The van der Waals surface area contributed by atoms with Crippen molar-refractivity contribution >= 4 is 44.8 Å². The lowest BCUT2D eigenvalue weighted by molar-refractivity contribution is 0.0696. The van der Waals surface area contributed by atoms with Gasteiger partial charge in [-0.25, -0.2) is 10.2 Å². The van der Waals surface area contributed by atoms with Crippen molar-refractivity contribution < 1.29 is 24.2 Å². The van der Waals surface area contributed by atoms with Gasteiger partial charge < -0.3 is 14.6 Å². The number of carboxylic acid groups (broad SMARTS) is 1. The fourth-order valence-electron chi connectivity index (χ4n) is 3.46. The fraction of sp³-hybridized carbons (Fsp3) is 0.0741. The minimum Gasteiger partial charge on any atom is -0.496 e. The first kappa shape index (κ1) is 24.0. The molecule has 2 N–H and O–H groups in total. The second-order valence-electron chi connectivity index (χ2n) is 7.58. The monoisotopic (exact) mass is 532 g/mol. The van der Waals surface area contributed by atoms with Crippen molar-refractivity contribution in [2.75, 3.05) is 7.11 Å². The van der Waals surface area contributed by atoms with E-state index in [0.29, 0.717) is 21.5 Å². The van der Waals surface area contributed by atoms with Crippen LogP contribution in [0.5, 0.6) is 11.5 Å². The highest BCUT2D eigenvalue weighted by Gasteiger charge is 2.13. The van der Waals surface area contributed by atoms with E-state index in [1.807, 2.05) is 30.3 Å². The zero-order valence-corrected chi connectivity index (χ0v) is 20.3. The van der Waals surface area contributed by atoms with Gasteiger partial charge in [0.25, 0.3) is 5.91 Å². The Morgan fingerprint density at radius 3 is 2.46 bits per heavy atom. The Balaban J connectivity index is 1.40. The highest BCUT2D eigenvalue weighted by atomic mass is 79.9. The molecule has 0 aliphatic rings. The third kappa shape index (κ3) is 5.85. The average Bonchev–Trinajstić information content (AvgIpc) is 2.87. The van der Waals surface area contributed by atoms with Gasteiger partial charge in [0.15, 0.2) is 0 Å². The maximum atomic E-state index is 12.7. The number of hydrogen-bond donors (Lipinski definition) is 2.